The van der Waals surface area contributed by atoms with E-state index >= 15 is 0 Å². The Labute approximate surface area is 129 Å². The van der Waals surface area contributed by atoms with Gasteiger partial charge in [-0.3, -0.25) is 9.36 Å². The molecule has 1 atom stereocenters. The molecule has 3 rings (SSSR count). The Balaban J connectivity index is 2.12. The van der Waals surface area contributed by atoms with Crippen molar-refractivity contribution in [1.82, 2.24) is 9.55 Å². The van der Waals surface area contributed by atoms with E-state index in [9.17, 15) is 19.8 Å². The lowest BCUT2D eigenvalue weighted by molar-refractivity contribution is 0.101. The van der Waals surface area contributed by atoms with Gasteiger partial charge in [0.1, 0.15) is 16.8 Å². The van der Waals surface area contributed by atoms with Gasteiger partial charge in [0.2, 0.25) is 0 Å². The Morgan fingerprint density at radius 1 is 1.32 bits per heavy atom. The Morgan fingerprint density at radius 2 is 2.05 bits per heavy atom. The molecule has 2 N–H and O–H groups in total. The first-order valence-corrected chi connectivity index (χ1v) is 7.34. The van der Waals surface area contributed by atoms with Gasteiger partial charge >= 0.3 is 6.09 Å². The maximum absolute atomic E-state index is 11.3. The van der Waals surface area contributed by atoms with Crippen LogP contribution in [0.25, 0.3) is 10.9 Å². The first-order chi connectivity index (χ1) is 10.5. The summed E-state index contributed by atoms with van der Waals surface area (Å²) in [5.74, 6) is -0.178. The molecule has 0 fully saturated rings. The van der Waals surface area contributed by atoms with Gasteiger partial charge in [-0.15, -0.1) is 11.3 Å². The predicted molar refractivity (Wildman–Crippen MR) is 81.5 cm³/mol. The fourth-order valence-corrected chi connectivity index (χ4v) is 3.15. The number of nitrogens with zero attached hydrogens (tertiary/aromatic N) is 2. The largest absolute Gasteiger partial charge is 0.464 e. The SMILES string of the molecule is CC(=O)c1csc(C(O)c2cn(C(=O)O)c3ccccc23)n1. The zero-order valence-corrected chi connectivity index (χ0v) is 12.4. The molecular formula is C15H12N2O4S. The van der Waals surface area contributed by atoms with Gasteiger partial charge in [-0.05, 0) is 6.07 Å². The van der Waals surface area contributed by atoms with E-state index in [2.05, 4.69) is 4.98 Å². The first-order valence-electron chi connectivity index (χ1n) is 6.46. The average molecular weight is 316 g/mol. The molecule has 0 spiro atoms. The molecule has 22 heavy (non-hydrogen) atoms. The summed E-state index contributed by atoms with van der Waals surface area (Å²) in [5, 5.41) is 22.3. The van der Waals surface area contributed by atoms with Crippen LogP contribution in [0.3, 0.4) is 0 Å². The summed E-state index contributed by atoms with van der Waals surface area (Å²) in [4.78, 5) is 26.7. The van der Waals surface area contributed by atoms with Crippen molar-refractivity contribution in [3.8, 4) is 0 Å². The molecule has 0 aliphatic rings. The standard InChI is InChI=1S/C15H12N2O4S/c1-8(18)11-7-22-14(16-11)13(19)10-6-17(15(20)21)12-5-3-2-4-9(10)12/h2-7,13,19H,1H3,(H,20,21). The number of carboxylic acid groups (broad SMARTS) is 1. The Hall–Kier alpha value is -2.51. The molecule has 7 heteroatoms. The fourth-order valence-electron chi connectivity index (χ4n) is 2.29. The van der Waals surface area contributed by atoms with E-state index in [0.717, 1.165) is 4.57 Å². The van der Waals surface area contributed by atoms with Crippen LogP contribution in [0.1, 0.15) is 34.1 Å². The number of fused-ring (bicyclic) bond motifs is 1. The molecule has 112 valence electrons. The number of rotatable bonds is 3. The van der Waals surface area contributed by atoms with Crippen LogP contribution >= 0.6 is 11.3 Å². The third kappa shape index (κ3) is 2.30. The van der Waals surface area contributed by atoms with Gasteiger partial charge in [0.25, 0.3) is 0 Å². The number of aliphatic hydroxyl groups is 1. The summed E-state index contributed by atoms with van der Waals surface area (Å²) in [5.41, 5.74) is 1.23. The van der Waals surface area contributed by atoms with Crippen LogP contribution in [-0.2, 0) is 0 Å². The summed E-state index contributed by atoms with van der Waals surface area (Å²) in [7, 11) is 0. The second kappa shape index (κ2) is 5.36. The normalized spacial score (nSPS) is 12.5. The first kappa shape index (κ1) is 14.4. The van der Waals surface area contributed by atoms with Gasteiger partial charge in [0.15, 0.2) is 5.78 Å². The molecule has 0 aliphatic heterocycles. The van der Waals surface area contributed by atoms with E-state index in [-0.39, 0.29) is 5.78 Å². The number of ketones is 1. The molecule has 0 bridgehead atoms. The summed E-state index contributed by atoms with van der Waals surface area (Å²) in [6.45, 7) is 1.40. The Morgan fingerprint density at radius 3 is 2.68 bits per heavy atom. The third-order valence-electron chi connectivity index (χ3n) is 3.36. The van der Waals surface area contributed by atoms with Gasteiger partial charge in [0.05, 0.1) is 5.52 Å². The molecular weight excluding hydrogens is 304 g/mol. The van der Waals surface area contributed by atoms with Crippen molar-refractivity contribution in [2.45, 2.75) is 13.0 Å². The van der Waals surface area contributed by atoms with Gasteiger partial charge < -0.3 is 10.2 Å². The third-order valence-corrected chi connectivity index (χ3v) is 4.26. The number of aliphatic hydroxyl groups excluding tert-OH is 1. The van der Waals surface area contributed by atoms with Crippen LogP contribution in [0.5, 0.6) is 0 Å². The van der Waals surface area contributed by atoms with Crippen molar-refractivity contribution < 1.29 is 19.8 Å². The van der Waals surface area contributed by atoms with E-state index in [1.54, 1.807) is 29.6 Å². The highest BCUT2D eigenvalue weighted by atomic mass is 32.1. The molecule has 0 saturated heterocycles. The predicted octanol–water partition coefficient (Wildman–Crippen LogP) is 2.91. The van der Waals surface area contributed by atoms with Crippen molar-refractivity contribution in [1.29, 1.82) is 0 Å². The minimum atomic E-state index is -1.13. The number of hydrogen-bond acceptors (Lipinski definition) is 5. The molecule has 1 aromatic carbocycles. The average Bonchev–Trinajstić information content (AvgIpc) is 3.12. The van der Waals surface area contributed by atoms with Crippen LogP contribution < -0.4 is 0 Å². The number of benzene rings is 1. The second-order valence-corrected chi connectivity index (χ2v) is 5.67. The lowest BCUT2D eigenvalue weighted by Gasteiger charge is -2.05. The highest BCUT2D eigenvalue weighted by Gasteiger charge is 2.22. The highest BCUT2D eigenvalue weighted by molar-refractivity contribution is 7.09. The quantitative estimate of drug-likeness (QED) is 0.725. The number of Topliss-reactive ketones (excluding diaryl/α,β-unsaturated/α-hetero) is 1. The molecule has 0 radical (unpaired) electrons. The van der Waals surface area contributed by atoms with E-state index in [1.165, 1.54) is 24.5 Å². The smallest absolute Gasteiger partial charge is 0.416 e. The van der Waals surface area contributed by atoms with E-state index in [4.69, 9.17) is 0 Å². The number of carbonyl (C=O) groups is 2. The van der Waals surface area contributed by atoms with Crippen molar-refractivity contribution in [2.24, 2.45) is 0 Å². The fraction of sp³-hybridized carbons (Fsp3) is 0.133. The summed E-state index contributed by atoms with van der Waals surface area (Å²) < 4.78 is 1.06. The van der Waals surface area contributed by atoms with Gasteiger partial charge in [-0.25, -0.2) is 9.78 Å². The van der Waals surface area contributed by atoms with E-state index in [0.29, 0.717) is 27.2 Å². The van der Waals surface area contributed by atoms with Crippen LogP contribution in [0, 0.1) is 0 Å². The Bertz CT molecular complexity index is 881. The van der Waals surface area contributed by atoms with Crippen molar-refractivity contribution in [2.75, 3.05) is 0 Å². The number of aromatic nitrogens is 2. The summed E-state index contributed by atoms with van der Waals surface area (Å²) in [6.07, 6.45) is -0.825. The zero-order chi connectivity index (χ0) is 15.9. The highest BCUT2D eigenvalue weighted by Crippen LogP contribution is 2.32. The van der Waals surface area contributed by atoms with Crippen molar-refractivity contribution in [3.63, 3.8) is 0 Å². The van der Waals surface area contributed by atoms with Gasteiger partial charge in [0, 0.05) is 29.5 Å². The maximum Gasteiger partial charge on any atom is 0.416 e. The van der Waals surface area contributed by atoms with E-state index < -0.39 is 12.2 Å². The van der Waals surface area contributed by atoms with Crippen LogP contribution in [0.15, 0.2) is 35.8 Å². The van der Waals surface area contributed by atoms with Gasteiger partial charge in [-0.2, -0.15) is 0 Å². The molecule has 3 aromatic rings. The molecule has 0 saturated carbocycles. The number of thiazole rings is 1. The monoisotopic (exact) mass is 316 g/mol. The molecule has 0 aliphatic carbocycles. The molecule has 1 unspecified atom stereocenters. The molecule has 0 amide bonds. The minimum Gasteiger partial charge on any atom is -0.464 e. The number of hydrogen-bond donors (Lipinski definition) is 2. The van der Waals surface area contributed by atoms with Crippen LogP contribution in [-0.4, -0.2) is 31.6 Å². The lowest BCUT2D eigenvalue weighted by atomic mass is 10.1. The summed E-state index contributed by atoms with van der Waals surface area (Å²) in [6, 6.07) is 6.91. The Kier molecular flexibility index (Phi) is 3.51. The maximum atomic E-state index is 11.3. The molecule has 2 aromatic heterocycles. The zero-order valence-electron chi connectivity index (χ0n) is 11.6. The molecule has 6 nitrogen and oxygen atoms in total. The number of carbonyl (C=O) groups excluding carboxylic acids is 1. The van der Waals surface area contributed by atoms with Crippen molar-refractivity contribution >= 4 is 34.1 Å². The second-order valence-electron chi connectivity index (χ2n) is 4.78. The van der Waals surface area contributed by atoms with Gasteiger partial charge in [-0.1, -0.05) is 18.2 Å². The van der Waals surface area contributed by atoms with Crippen molar-refractivity contribution in [3.05, 3.63) is 52.1 Å². The van der Waals surface area contributed by atoms with E-state index in [1.807, 2.05) is 0 Å². The topological polar surface area (TPSA) is 92.4 Å². The lowest BCUT2D eigenvalue weighted by Crippen LogP contribution is -2.06. The number of para-hydroxylation sites is 1. The minimum absolute atomic E-state index is 0.178. The summed E-state index contributed by atoms with van der Waals surface area (Å²) >= 11 is 1.17. The molecule has 2 heterocycles. The van der Waals surface area contributed by atoms with Crippen LogP contribution in [0.2, 0.25) is 0 Å². The van der Waals surface area contributed by atoms with Crippen LogP contribution in [0.4, 0.5) is 4.79 Å².